The first-order valence-corrected chi connectivity index (χ1v) is 4.00. The van der Waals surface area contributed by atoms with Gasteiger partial charge in [0.05, 0.1) is 5.83 Å². The fraction of sp³-hybridized carbons (Fsp3) is 0.778. The van der Waals surface area contributed by atoms with Crippen LogP contribution in [0.4, 0.5) is 4.39 Å². The first kappa shape index (κ1) is 9.67. The number of unbranched alkanes of at least 4 members (excludes halogenated alkanes) is 2. The van der Waals surface area contributed by atoms with E-state index in [0.29, 0.717) is 6.42 Å². The van der Waals surface area contributed by atoms with Crippen molar-refractivity contribution in [2.45, 2.75) is 46.5 Å². The molecule has 0 amide bonds. The third-order valence-electron chi connectivity index (χ3n) is 1.54. The van der Waals surface area contributed by atoms with Crippen LogP contribution in [-0.2, 0) is 0 Å². The standard InChI is InChI=1S/C9H17F/c1-4-5-6-7-9(10)8(2)3/h4-7H2,1-3H3. The summed E-state index contributed by atoms with van der Waals surface area (Å²) in [6.07, 6.45) is 3.93. The molecule has 0 rings (SSSR count). The van der Waals surface area contributed by atoms with Crippen LogP contribution in [0.3, 0.4) is 0 Å². The van der Waals surface area contributed by atoms with Gasteiger partial charge in [0.15, 0.2) is 0 Å². The Morgan fingerprint density at radius 2 is 1.80 bits per heavy atom. The lowest BCUT2D eigenvalue weighted by Gasteiger charge is -1.97. The molecule has 0 aromatic rings. The molecule has 0 nitrogen and oxygen atoms in total. The summed E-state index contributed by atoms with van der Waals surface area (Å²) in [7, 11) is 0. The minimum atomic E-state index is 0.0773. The van der Waals surface area contributed by atoms with E-state index in [1.807, 2.05) is 13.8 Å². The van der Waals surface area contributed by atoms with Gasteiger partial charge >= 0.3 is 0 Å². The Bertz CT molecular complexity index is 110. The van der Waals surface area contributed by atoms with Crippen molar-refractivity contribution in [1.29, 1.82) is 0 Å². The van der Waals surface area contributed by atoms with Gasteiger partial charge in [0.2, 0.25) is 0 Å². The van der Waals surface area contributed by atoms with E-state index in [1.54, 1.807) is 0 Å². The number of allylic oxidation sites excluding steroid dienone is 2. The number of hydrogen-bond acceptors (Lipinski definition) is 0. The van der Waals surface area contributed by atoms with Crippen LogP contribution in [0.2, 0.25) is 0 Å². The normalized spacial score (nSPS) is 9.60. The second-order valence-corrected chi connectivity index (χ2v) is 2.86. The molecule has 0 aromatic carbocycles. The molecular weight excluding hydrogens is 127 g/mol. The quantitative estimate of drug-likeness (QED) is 0.526. The van der Waals surface area contributed by atoms with Crippen LogP contribution < -0.4 is 0 Å². The van der Waals surface area contributed by atoms with Crippen molar-refractivity contribution in [2.24, 2.45) is 0 Å². The van der Waals surface area contributed by atoms with Crippen LogP contribution in [0.15, 0.2) is 11.4 Å². The molecule has 0 heterocycles. The molecule has 0 aliphatic carbocycles. The second kappa shape index (κ2) is 5.45. The average Bonchev–Trinajstić information content (AvgIpc) is 1.88. The molecule has 0 saturated heterocycles. The summed E-state index contributed by atoms with van der Waals surface area (Å²) in [6, 6.07) is 0. The Morgan fingerprint density at radius 1 is 1.20 bits per heavy atom. The molecule has 0 spiro atoms. The van der Waals surface area contributed by atoms with Crippen LogP contribution in [0.1, 0.15) is 46.5 Å². The third-order valence-corrected chi connectivity index (χ3v) is 1.54. The average molecular weight is 144 g/mol. The molecule has 0 aromatic heterocycles. The summed E-state index contributed by atoms with van der Waals surface area (Å²) in [4.78, 5) is 0. The van der Waals surface area contributed by atoms with Crippen molar-refractivity contribution < 1.29 is 4.39 Å². The zero-order valence-electron chi connectivity index (χ0n) is 7.21. The van der Waals surface area contributed by atoms with Crippen LogP contribution in [0.25, 0.3) is 0 Å². The van der Waals surface area contributed by atoms with Gasteiger partial charge < -0.3 is 0 Å². The fourth-order valence-electron chi connectivity index (χ4n) is 0.780. The first-order chi connectivity index (χ1) is 4.68. The van der Waals surface area contributed by atoms with Gasteiger partial charge in [0.25, 0.3) is 0 Å². The van der Waals surface area contributed by atoms with Crippen molar-refractivity contribution in [3.8, 4) is 0 Å². The highest BCUT2D eigenvalue weighted by Crippen LogP contribution is 2.13. The highest BCUT2D eigenvalue weighted by molar-refractivity contribution is 5.00. The lowest BCUT2D eigenvalue weighted by atomic mass is 10.1. The minimum absolute atomic E-state index is 0.0773. The smallest absolute Gasteiger partial charge is 0.0985 e. The zero-order chi connectivity index (χ0) is 7.98. The molecule has 0 radical (unpaired) electrons. The second-order valence-electron chi connectivity index (χ2n) is 2.86. The van der Waals surface area contributed by atoms with E-state index in [-0.39, 0.29) is 5.83 Å². The highest BCUT2D eigenvalue weighted by atomic mass is 19.1. The monoisotopic (exact) mass is 144 g/mol. The molecule has 0 N–H and O–H groups in total. The highest BCUT2D eigenvalue weighted by Gasteiger charge is 1.95. The summed E-state index contributed by atoms with van der Waals surface area (Å²) in [5.74, 6) is 0.0773. The van der Waals surface area contributed by atoms with Crippen molar-refractivity contribution in [2.75, 3.05) is 0 Å². The Hall–Kier alpha value is -0.330. The molecule has 0 bridgehead atoms. The SMILES string of the molecule is CCCCCC(F)=C(C)C. The van der Waals surface area contributed by atoms with Gasteiger partial charge in [0, 0.05) is 0 Å². The molecule has 0 atom stereocenters. The summed E-state index contributed by atoms with van der Waals surface area (Å²) in [5, 5.41) is 0. The van der Waals surface area contributed by atoms with E-state index in [4.69, 9.17) is 0 Å². The lowest BCUT2D eigenvalue weighted by Crippen LogP contribution is -1.79. The van der Waals surface area contributed by atoms with E-state index in [2.05, 4.69) is 6.92 Å². The van der Waals surface area contributed by atoms with Gasteiger partial charge in [-0.05, 0) is 32.3 Å². The summed E-state index contributed by atoms with van der Waals surface area (Å²) in [6.45, 7) is 5.77. The van der Waals surface area contributed by atoms with Crippen LogP contribution in [0.5, 0.6) is 0 Å². The van der Waals surface area contributed by atoms with Gasteiger partial charge in [-0.1, -0.05) is 19.8 Å². The van der Waals surface area contributed by atoms with Crippen LogP contribution >= 0.6 is 0 Å². The number of halogens is 1. The van der Waals surface area contributed by atoms with E-state index in [9.17, 15) is 4.39 Å². The zero-order valence-corrected chi connectivity index (χ0v) is 7.21. The predicted octanol–water partition coefficient (Wildman–Crippen LogP) is 3.83. The molecule has 0 aliphatic heterocycles. The Morgan fingerprint density at radius 3 is 2.20 bits per heavy atom. The predicted molar refractivity (Wildman–Crippen MR) is 43.6 cm³/mol. The van der Waals surface area contributed by atoms with E-state index >= 15 is 0 Å². The lowest BCUT2D eigenvalue weighted by molar-refractivity contribution is 0.550. The van der Waals surface area contributed by atoms with Gasteiger partial charge in [-0.15, -0.1) is 0 Å². The minimum Gasteiger partial charge on any atom is -0.212 e. The summed E-state index contributed by atoms with van der Waals surface area (Å²) in [5.41, 5.74) is 0.830. The number of rotatable bonds is 4. The van der Waals surface area contributed by atoms with Crippen LogP contribution in [-0.4, -0.2) is 0 Å². The third kappa shape index (κ3) is 4.54. The largest absolute Gasteiger partial charge is 0.212 e. The summed E-state index contributed by atoms with van der Waals surface area (Å²) < 4.78 is 12.7. The van der Waals surface area contributed by atoms with Gasteiger partial charge in [0.1, 0.15) is 0 Å². The van der Waals surface area contributed by atoms with Gasteiger partial charge in [-0.2, -0.15) is 0 Å². The Balaban J connectivity index is 3.40. The van der Waals surface area contributed by atoms with Gasteiger partial charge in [-0.25, -0.2) is 4.39 Å². The molecule has 60 valence electrons. The van der Waals surface area contributed by atoms with Crippen molar-refractivity contribution in [3.63, 3.8) is 0 Å². The van der Waals surface area contributed by atoms with E-state index < -0.39 is 0 Å². The van der Waals surface area contributed by atoms with Crippen molar-refractivity contribution in [1.82, 2.24) is 0 Å². The Labute approximate surface area is 63.1 Å². The first-order valence-electron chi connectivity index (χ1n) is 4.00. The molecule has 0 saturated carbocycles. The maximum Gasteiger partial charge on any atom is 0.0985 e. The maximum absolute atomic E-state index is 12.7. The fourth-order valence-corrected chi connectivity index (χ4v) is 0.780. The van der Waals surface area contributed by atoms with Crippen molar-refractivity contribution >= 4 is 0 Å². The molecule has 0 fully saturated rings. The maximum atomic E-state index is 12.7. The molecule has 0 unspecified atom stereocenters. The number of hydrogen-bond donors (Lipinski definition) is 0. The Kier molecular flexibility index (Phi) is 5.27. The van der Waals surface area contributed by atoms with Crippen molar-refractivity contribution in [3.05, 3.63) is 11.4 Å². The molecular formula is C9H17F. The molecule has 0 aliphatic rings. The van der Waals surface area contributed by atoms with E-state index in [1.165, 1.54) is 0 Å². The van der Waals surface area contributed by atoms with Gasteiger partial charge in [-0.3, -0.25) is 0 Å². The topological polar surface area (TPSA) is 0 Å². The molecule has 10 heavy (non-hydrogen) atoms. The van der Waals surface area contributed by atoms with E-state index in [0.717, 1.165) is 24.8 Å². The van der Waals surface area contributed by atoms with Crippen LogP contribution in [0, 0.1) is 0 Å². The molecule has 1 heteroatoms. The summed E-state index contributed by atoms with van der Waals surface area (Å²) >= 11 is 0.